The molecule has 0 bridgehead atoms. The van der Waals surface area contributed by atoms with E-state index in [9.17, 15) is 4.79 Å². The zero-order valence-corrected chi connectivity index (χ0v) is 13.6. The summed E-state index contributed by atoms with van der Waals surface area (Å²) >= 11 is 0. The van der Waals surface area contributed by atoms with Gasteiger partial charge in [-0.05, 0) is 52.5 Å². The summed E-state index contributed by atoms with van der Waals surface area (Å²) in [5.74, 6) is -0.275. The van der Waals surface area contributed by atoms with Gasteiger partial charge in [-0.1, -0.05) is 0 Å². The molecule has 0 aromatic carbocycles. The third kappa shape index (κ3) is 5.24. The Labute approximate surface area is 128 Å². The van der Waals surface area contributed by atoms with Crippen molar-refractivity contribution in [3.63, 3.8) is 0 Å². The number of carbonyl (C=O) groups excluding carboxylic acids is 1. The second kappa shape index (κ2) is 7.56. The fraction of sp³-hybridized carbons (Fsp3) is 0.938. The molecular formula is C16H31N3O2. The highest BCUT2D eigenvalue weighted by Gasteiger charge is 2.31. The predicted molar refractivity (Wildman–Crippen MR) is 84.1 cm³/mol. The largest absolute Gasteiger partial charge is 0.465 e. The quantitative estimate of drug-likeness (QED) is 0.539. The van der Waals surface area contributed by atoms with Crippen LogP contribution in [0.5, 0.6) is 0 Å². The Morgan fingerprint density at radius 1 is 1.24 bits per heavy atom. The van der Waals surface area contributed by atoms with Gasteiger partial charge in [-0.25, -0.2) is 0 Å². The molecule has 21 heavy (non-hydrogen) atoms. The average Bonchev–Trinajstić information content (AvgIpc) is 3.29. The van der Waals surface area contributed by atoms with E-state index in [2.05, 4.69) is 9.80 Å². The summed E-state index contributed by atoms with van der Waals surface area (Å²) in [7, 11) is 0. The Morgan fingerprint density at radius 2 is 1.90 bits per heavy atom. The number of unbranched alkanes of at least 4 members (excludes halogenated alkanes) is 1. The van der Waals surface area contributed by atoms with E-state index in [0.29, 0.717) is 13.0 Å². The number of nitrogens with zero attached hydrogens (tertiary/aromatic N) is 2. The first-order valence-electron chi connectivity index (χ1n) is 8.45. The fourth-order valence-corrected chi connectivity index (χ4v) is 3.02. The number of rotatable bonds is 8. The van der Waals surface area contributed by atoms with Crippen LogP contribution in [0.3, 0.4) is 0 Å². The normalized spacial score (nSPS) is 23.8. The molecule has 1 aliphatic carbocycles. The van der Waals surface area contributed by atoms with Crippen molar-refractivity contribution in [2.24, 2.45) is 5.73 Å². The first kappa shape index (κ1) is 16.7. The van der Waals surface area contributed by atoms with Crippen molar-refractivity contribution in [2.45, 2.75) is 57.5 Å². The van der Waals surface area contributed by atoms with E-state index in [1.165, 1.54) is 39.0 Å². The lowest BCUT2D eigenvalue weighted by Gasteiger charge is -2.35. The molecule has 0 aromatic rings. The Balaban J connectivity index is 1.56. The van der Waals surface area contributed by atoms with Gasteiger partial charge in [-0.15, -0.1) is 0 Å². The summed E-state index contributed by atoms with van der Waals surface area (Å²) in [5.41, 5.74) is 5.20. The van der Waals surface area contributed by atoms with E-state index in [4.69, 9.17) is 10.5 Å². The van der Waals surface area contributed by atoms with Crippen molar-refractivity contribution in [1.29, 1.82) is 0 Å². The molecule has 2 rings (SSSR count). The number of piperazine rings is 1. The second-order valence-electron chi connectivity index (χ2n) is 6.70. The van der Waals surface area contributed by atoms with Gasteiger partial charge in [0.15, 0.2) is 0 Å². The van der Waals surface area contributed by atoms with E-state index in [1.54, 1.807) is 6.92 Å². The van der Waals surface area contributed by atoms with Crippen LogP contribution in [0.1, 0.15) is 46.0 Å². The zero-order valence-electron chi connectivity index (χ0n) is 13.6. The van der Waals surface area contributed by atoms with E-state index < -0.39 is 5.54 Å². The summed E-state index contributed by atoms with van der Waals surface area (Å²) in [4.78, 5) is 16.9. The van der Waals surface area contributed by atoms with Crippen LogP contribution in [-0.2, 0) is 9.53 Å². The Hall–Kier alpha value is -0.650. The maximum absolute atomic E-state index is 11.7. The molecule has 2 fully saturated rings. The Morgan fingerprint density at radius 3 is 2.48 bits per heavy atom. The molecule has 1 saturated heterocycles. The van der Waals surface area contributed by atoms with Gasteiger partial charge in [0, 0.05) is 32.2 Å². The summed E-state index contributed by atoms with van der Waals surface area (Å²) in [5, 5.41) is 0. The minimum atomic E-state index is -0.833. The smallest absolute Gasteiger partial charge is 0.325 e. The van der Waals surface area contributed by atoms with Gasteiger partial charge < -0.3 is 15.4 Å². The lowest BCUT2D eigenvalue weighted by Crippen LogP contribution is -2.47. The third-order valence-electron chi connectivity index (χ3n) is 4.63. The summed E-state index contributed by atoms with van der Waals surface area (Å²) < 4.78 is 5.01. The highest BCUT2D eigenvalue weighted by molar-refractivity contribution is 5.79. The van der Waals surface area contributed by atoms with Gasteiger partial charge >= 0.3 is 5.97 Å². The van der Waals surface area contributed by atoms with Crippen LogP contribution in [0, 0.1) is 0 Å². The fourth-order valence-electron chi connectivity index (χ4n) is 3.02. The lowest BCUT2D eigenvalue weighted by molar-refractivity contribution is -0.149. The molecule has 1 aliphatic heterocycles. The maximum atomic E-state index is 11.7. The Kier molecular flexibility index (Phi) is 6.02. The van der Waals surface area contributed by atoms with Crippen LogP contribution in [0.15, 0.2) is 0 Å². The number of carbonyl (C=O) groups is 1. The molecule has 0 radical (unpaired) electrons. The monoisotopic (exact) mass is 297 g/mol. The van der Waals surface area contributed by atoms with Crippen LogP contribution in [0.2, 0.25) is 0 Å². The van der Waals surface area contributed by atoms with E-state index in [-0.39, 0.29) is 5.97 Å². The molecule has 1 saturated carbocycles. The molecule has 1 atom stereocenters. The molecule has 0 spiro atoms. The molecule has 122 valence electrons. The molecule has 0 amide bonds. The van der Waals surface area contributed by atoms with Crippen molar-refractivity contribution < 1.29 is 9.53 Å². The molecule has 1 unspecified atom stereocenters. The molecule has 0 aromatic heterocycles. The zero-order chi connectivity index (χ0) is 15.3. The molecule has 5 heteroatoms. The SMILES string of the molecule is CCOC(=O)C(C)(N)CCCCN1CCN(C2CC2)CC1. The van der Waals surface area contributed by atoms with Crippen molar-refractivity contribution in [2.75, 3.05) is 39.3 Å². The highest BCUT2D eigenvalue weighted by atomic mass is 16.5. The van der Waals surface area contributed by atoms with Gasteiger partial charge in [0.1, 0.15) is 5.54 Å². The lowest BCUT2D eigenvalue weighted by atomic mass is 9.96. The minimum Gasteiger partial charge on any atom is -0.465 e. The van der Waals surface area contributed by atoms with Gasteiger partial charge in [-0.2, -0.15) is 0 Å². The topological polar surface area (TPSA) is 58.8 Å². The van der Waals surface area contributed by atoms with Crippen LogP contribution in [0.25, 0.3) is 0 Å². The number of hydrogen-bond acceptors (Lipinski definition) is 5. The van der Waals surface area contributed by atoms with Crippen LogP contribution >= 0.6 is 0 Å². The van der Waals surface area contributed by atoms with Crippen LogP contribution in [-0.4, -0.2) is 66.7 Å². The van der Waals surface area contributed by atoms with Crippen molar-refractivity contribution in [3.8, 4) is 0 Å². The summed E-state index contributed by atoms with van der Waals surface area (Å²) in [6.07, 6.45) is 5.60. The summed E-state index contributed by atoms with van der Waals surface area (Å²) in [6.45, 7) is 9.94. The van der Waals surface area contributed by atoms with Gasteiger partial charge in [-0.3, -0.25) is 9.69 Å². The molecular weight excluding hydrogens is 266 g/mol. The van der Waals surface area contributed by atoms with E-state index >= 15 is 0 Å². The Bertz CT molecular complexity index is 334. The molecule has 2 aliphatic rings. The van der Waals surface area contributed by atoms with Crippen molar-refractivity contribution in [1.82, 2.24) is 9.80 Å². The summed E-state index contributed by atoms with van der Waals surface area (Å²) in [6, 6.07) is 0.898. The maximum Gasteiger partial charge on any atom is 0.325 e. The number of ether oxygens (including phenoxy) is 1. The predicted octanol–water partition coefficient (Wildman–Crippen LogP) is 1.22. The van der Waals surface area contributed by atoms with Crippen molar-refractivity contribution in [3.05, 3.63) is 0 Å². The van der Waals surface area contributed by atoms with Gasteiger partial charge in [0.2, 0.25) is 0 Å². The minimum absolute atomic E-state index is 0.275. The number of nitrogens with two attached hydrogens (primary N) is 1. The average molecular weight is 297 g/mol. The molecule has 2 N–H and O–H groups in total. The first-order chi connectivity index (χ1) is 10.0. The number of esters is 1. The highest BCUT2D eigenvalue weighted by Crippen LogP contribution is 2.27. The van der Waals surface area contributed by atoms with Crippen LogP contribution in [0.4, 0.5) is 0 Å². The van der Waals surface area contributed by atoms with Gasteiger partial charge in [0.25, 0.3) is 0 Å². The standard InChI is InChI=1S/C16H31N3O2/c1-3-21-15(20)16(2,17)8-4-5-9-18-10-12-19(13-11-18)14-6-7-14/h14H,3-13,17H2,1-2H3. The van der Waals surface area contributed by atoms with E-state index in [1.807, 2.05) is 6.92 Å². The van der Waals surface area contributed by atoms with E-state index in [0.717, 1.165) is 25.4 Å². The molecule has 1 heterocycles. The second-order valence-corrected chi connectivity index (χ2v) is 6.70. The van der Waals surface area contributed by atoms with Crippen molar-refractivity contribution >= 4 is 5.97 Å². The third-order valence-corrected chi connectivity index (χ3v) is 4.63. The molecule has 5 nitrogen and oxygen atoms in total. The van der Waals surface area contributed by atoms with Crippen LogP contribution < -0.4 is 5.73 Å². The first-order valence-corrected chi connectivity index (χ1v) is 8.45. The van der Waals surface area contributed by atoms with Gasteiger partial charge in [0.05, 0.1) is 6.61 Å². The number of hydrogen-bond donors (Lipinski definition) is 1.